The van der Waals surface area contributed by atoms with Crippen LogP contribution in [0, 0.1) is 5.92 Å². The number of aromatic nitrogens is 2. The SMILES string of the molecule is COc1ccc2cc(-c3nc(Cl)c4c5c(sc4n3)CC(C)CC5)c(=O)oc2c1. The van der Waals surface area contributed by atoms with E-state index in [1.807, 2.05) is 12.1 Å². The molecular formula is C21H17ClN2O3S. The summed E-state index contributed by atoms with van der Waals surface area (Å²) in [5.41, 5.74) is 1.54. The van der Waals surface area contributed by atoms with Gasteiger partial charge in [-0.2, -0.15) is 0 Å². The molecule has 0 bridgehead atoms. The van der Waals surface area contributed by atoms with Gasteiger partial charge in [0.1, 0.15) is 26.9 Å². The molecule has 3 aromatic heterocycles. The zero-order valence-electron chi connectivity index (χ0n) is 15.4. The van der Waals surface area contributed by atoms with Gasteiger partial charge in [-0.15, -0.1) is 11.3 Å². The maximum absolute atomic E-state index is 12.6. The average molecular weight is 413 g/mol. The van der Waals surface area contributed by atoms with E-state index in [4.69, 9.17) is 20.8 Å². The van der Waals surface area contributed by atoms with Gasteiger partial charge in [-0.3, -0.25) is 0 Å². The first-order valence-electron chi connectivity index (χ1n) is 9.13. The molecule has 7 heteroatoms. The fourth-order valence-corrected chi connectivity index (χ4v) is 5.52. The van der Waals surface area contributed by atoms with E-state index >= 15 is 0 Å². The van der Waals surface area contributed by atoms with E-state index in [1.165, 1.54) is 10.4 Å². The van der Waals surface area contributed by atoms with Crippen LogP contribution >= 0.6 is 22.9 Å². The molecule has 1 unspecified atom stereocenters. The molecule has 0 N–H and O–H groups in total. The van der Waals surface area contributed by atoms with E-state index < -0.39 is 5.63 Å². The summed E-state index contributed by atoms with van der Waals surface area (Å²) >= 11 is 8.20. The van der Waals surface area contributed by atoms with Crippen molar-refractivity contribution < 1.29 is 9.15 Å². The first-order chi connectivity index (χ1) is 13.5. The lowest BCUT2D eigenvalue weighted by Gasteiger charge is -2.17. The Morgan fingerprint density at radius 3 is 2.96 bits per heavy atom. The van der Waals surface area contributed by atoms with Crippen LogP contribution in [0.2, 0.25) is 5.15 Å². The first kappa shape index (κ1) is 17.6. The molecule has 1 aromatic carbocycles. The van der Waals surface area contributed by atoms with Crippen LogP contribution in [0.5, 0.6) is 5.75 Å². The Hall–Kier alpha value is -2.44. The summed E-state index contributed by atoms with van der Waals surface area (Å²) in [4.78, 5) is 23.9. The molecule has 142 valence electrons. The number of aryl methyl sites for hydroxylation is 1. The Labute approximate surface area is 169 Å². The zero-order valence-corrected chi connectivity index (χ0v) is 17.0. The lowest BCUT2D eigenvalue weighted by Crippen LogP contribution is -2.08. The van der Waals surface area contributed by atoms with Crippen molar-refractivity contribution in [2.75, 3.05) is 7.11 Å². The quantitative estimate of drug-likeness (QED) is 0.332. The lowest BCUT2D eigenvalue weighted by atomic mass is 9.89. The van der Waals surface area contributed by atoms with E-state index in [2.05, 4.69) is 16.9 Å². The van der Waals surface area contributed by atoms with Crippen molar-refractivity contribution in [1.82, 2.24) is 9.97 Å². The molecule has 0 saturated heterocycles. The molecule has 0 fully saturated rings. The van der Waals surface area contributed by atoms with Gasteiger partial charge < -0.3 is 9.15 Å². The first-order valence-corrected chi connectivity index (χ1v) is 10.3. The van der Waals surface area contributed by atoms with Crippen LogP contribution in [-0.4, -0.2) is 17.1 Å². The summed E-state index contributed by atoms with van der Waals surface area (Å²) in [6.45, 7) is 2.27. The molecule has 4 aromatic rings. The van der Waals surface area contributed by atoms with Gasteiger partial charge in [-0.25, -0.2) is 14.8 Å². The highest BCUT2D eigenvalue weighted by molar-refractivity contribution is 7.19. The second kappa shape index (κ2) is 6.57. The van der Waals surface area contributed by atoms with Crippen molar-refractivity contribution >= 4 is 44.1 Å². The smallest absolute Gasteiger partial charge is 0.347 e. The second-order valence-electron chi connectivity index (χ2n) is 7.22. The van der Waals surface area contributed by atoms with Gasteiger partial charge in [0.2, 0.25) is 0 Å². The third kappa shape index (κ3) is 2.79. The fourth-order valence-electron chi connectivity index (χ4n) is 3.79. The Morgan fingerprint density at radius 1 is 1.29 bits per heavy atom. The van der Waals surface area contributed by atoms with Crippen molar-refractivity contribution in [3.8, 4) is 17.1 Å². The van der Waals surface area contributed by atoms with E-state index in [1.54, 1.807) is 30.6 Å². The predicted octanol–water partition coefficient (Wildman–Crippen LogP) is 5.25. The van der Waals surface area contributed by atoms with Crippen molar-refractivity contribution in [2.24, 2.45) is 5.92 Å². The maximum atomic E-state index is 12.6. The van der Waals surface area contributed by atoms with E-state index in [0.29, 0.717) is 33.8 Å². The molecule has 0 spiro atoms. The van der Waals surface area contributed by atoms with Crippen molar-refractivity contribution in [2.45, 2.75) is 26.2 Å². The molecule has 0 radical (unpaired) electrons. The normalized spacial score (nSPS) is 16.5. The van der Waals surface area contributed by atoms with E-state index in [0.717, 1.165) is 34.9 Å². The summed E-state index contributed by atoms with van der Waals surface area (Å²) in [7, 11) is 1.57. The largest absolute Gasteiger partial charge is 0.497 e. The topological polar surface area (TPSA) is 65.2 Å². The van der Waals surface area contributed by atoms with Crippen LogP contribution in [0.4, 0.5) is 0 Å². The summed E-state index contributed by atoms with van der Waals surface area (Å²) in [6, 6.07) is 7.09. The molecule has 1 aliphatic carbocycles. The van der Waals surface area contributed by atoms with Gasteiger partial charge in [0.05, 0.1) is 12.5 Å². The number of rotatable bonds is 2. The molecule has 5 rings (SSSR count). The van der Waals surface area contributed by atoms with Crippen LogP contribution < -0.4 is 10.4 Å². The van der Waals surface area contributed by atoms with Crippen molar-refractivity contribution in [1.29, 1.82) is 0 Å². The minimum absolute atomic E-state index is 0.301. The van der Waals surface area contributed by atoms with E-state index in [9.17, 15) is 4.79 Å². The number of methoxy groups -OCH3 is 1. The number of hydrogen-bond acceptors (Lipinski definition) is 6. The molecule has 0 amide bonds. The number of fused-ring (bicyclic) bond motifs is 4. The Kier molecular flexibility index (Phi) is 4.14. The number of nitrogens with zero attached hydrogens (tertiary/aromatic N) is 2. The Balaban J connectivity index is 1.69. The number of hydrogen-bond donors (Lipinski definition) is 0. The monoisotopic (exact) mass is 412 g/mol. The third-order valence-corrected chi connectivity index (χ3v) is 6.72. The Bertz CT molecular complexity index is 1290. The van der Waals surface area contributed by atoms with Crippen LogP contribution in [-0.2, 0) is 12.8 Å². The predicted molar refractivity (Wildman–Crippen MR) is 112 cm³/mol. The standard InChI is InChI=1S/C21H17ClN2O3S/c1-10-3-6-13-16(7-10)28-20-17(13)18(22)23-19(24-20)14-8-11-4-5-12(26-2)9-15(11)27-21(14)25/h4-5,8-10H,3,6-7H2,1-2H3. The summed E-state index contributed by atoms with van der Waals surface area (Å²) < 4.78 is 10.7. The van der Waals surface area contributed by atoms with Crippen molar-refractivity contribution in [3.05, 3.63) is 50.3 Å². The van der Waals surface area contributed by atoms with Crippen LogP contribution in [0.25, 0.3) is 32.6 Å². The van der Waals surface area contributed by atoms with Gasteiger partial charge in [0, 0.05) is 16.3 Å². The van der Waals surface area contributed by atoms with Crippen molar-refractivity contribution in [3.63, 3.8) is 0 Å². The molecule has 1 atom stereocenters. The van der Waals surface area contributed by atoms with E-state index in [-0.39, 0.29) is 0 Å². The molecule has 0 aliphatic heterocycles. The summed E-state index contributed by atoms with van der Waals surface area (Å²) in [5.74, 6) is 1.59. The van der Waals surface area contributed by atoms with Gasteiger partial charge in [0.15, 0.2) is 5.82 Å². The van der Waals surface area contributed by atoms with Crippen LogP contribution in [0.1, 0.15) is 23.8 Å². The lowest BCUT2D eigenvalue weighted by molar-refractivity contribution is 0.414. The highest BCUT2D eigenvalue weighted by Crippen LogP contribution is 2.40. The zero-order chi connectivity index (χ0) is 19.4. The van der Waals surface area contributed by atoms with Crippen LogP contribution in [0.3, 0.4) is 0 Å². The number of halogens is 1. The summed E-state index contributed by atoms with van der Waals surface area (Å²) in [6.07, 6.45) is 3.19. The molecule has 28 heavy (non-hydrogen) atoms. The molecule has 5 nitrogen and oxygen atoms in total. The van der Waals surface area contributed by atoms with Gasteiger partial charge in [-0.1, -0.05) is 18.5 Å². The highest BCUT2D eigenvalue weighted by Gasteiger charge is 2.24. The maximum Gasteiger partial charge on any atom is 0.347 e. The molecule has 0 saturated carbocycles. The minimum Gasteiger partial charge on any atom is -0.497 e. The minimum atomic E-state index is -0.494. The number of benzene rings is 1. The third-order valence-electron chi connectivity index (χ3n) is 5.29. The fraction of sp³-hybridized carbons (Fsp3) is 0.286. The number of thiophene rings is 1. The van der Waals surface area contributed by atoms with Crippen LogP contribution in [0.15, 0.2) is 33.5 Å². The van der Waals surface area contributed by atoms with Gasteiger partial charge in [-0.05, 0) is 48.9 Å². The highest BCUT2D eigenvalue weighted by atomic mass is 35.5. The second-order valence-corrected chi connectivity index (χ2v) is 8.66. The van der Waals surface area contributed by atoms with Gasteiger partial charge in [0.25, 0.3) is 0 Å². The van der Waals surface area contributed by atoms with Gasteiger partial charge >= 0.3 is 5.63 Å². The number of ether oxygens (including phenoxy) is 1. The molecule has 3 heterocycles. The summed E-state index contributed by atoms with van der Waals surface area (Å²) in [5, 5.41) is 2.11. The average Bonchev–Trinajstić information content (AvgIpc) is 3.04. The molecular weight excluding hydrogens is 396 g/mol. The Morgan fingerprint density at radius 2 is 2.14 bits per heavy atom. The molecule has 1 aliphatic rings.